The van der Waals surface area contributed by atoms with Crippen LogP contribution in [-0.4, -0.2) is 37.1 Å². The highest BCUT2D eigenvalue weighted by atomic mass is 19.4. The zero-order valence-electron chi connectivity index (χ0n) is 14.7. The van der Waals surface area contributed by atoms with Gasteiger partial charge in [-0.3, -0.25) is 0 Å². The molecule has 144 valence electrons. The highest BCUT2D eigenvalue weighted by molar-refractivity contribution is 5.77. The fourth-order valence-electron chi connectivity index (χ4n) is 3.77. The molecule has 4 nitrogen and oxygen atoms in total. The first-order chi connectivity index (χ1) is 12.1. The van der Waals surface area contributed by atoms with Gasteiger partial charge in [-0.05, 0) is 19.9 Å². The molecule has 2 aliphatic heterocycles. The van der Waals surface area contributed by atoms with E-state index in [9.17, 15) is 22.4 Å². The Morgan fingerprint density at radius 2 is 2.08 bits per heavy atom. The highest BCUT2D eigenvalue weighted by Gasteiger charge is 2.66. The third kappa shape index (κ3) is 2.74. The normalized spacial score (nSPS) is 30.8. The van der Waals surface area contributed by atoms with E-state index in [-0.39, 0.29) is 19.0 Å². The second kappa shape index (κ2) is 6.40. The monoisotopic (exact) mass is 376 g/mol. The van der Waals surface area contributed by atoms with Crippen molar-refractivity contribution < 1.29 is 36.6 Å². The largest absolute Gasteiger partial charge is 0.493 e. The van der Waals surface area contributed by atoms with Crippen LogP contribution in [0.25, 0.3) is 0 Å². The van der Waals surface area contributed by atoms with Gasteiger partial charge in [0.1, 0.15) is 11.6 Å². The van der Waals surface area contributed by atoms with Gasteiger partial charge in [0, 0.05) is 29.4 Å². The summed E-state index contributed by atoms with van der Waals surface area (Å²) < 4.78 is 70.7. The van der Waals surface area contributed by atoms with Crippen molar-refractivity contribution in [3.05, 3.63) is 29.1 Å². The summed E-state index contributed by atoms with van der Waals surface area (Å²) in [5.41, 5.74) is -1.87. The van der Waals surface area contributed by atoms with Crippen molar-refractivity contribution in [2.45, 2.75) is 51.0 Å². The Morgan fingerprint density at radius 3 is 2.69 bits per heavy atom. The number of alkyl halides is 3. The zero-order valence-corrected chi connectivity index (χ0v) is 14.7. The lowest BCUT2D eigenvalue weighted by atomic mass is 9.76. The number of carbonyl (C=O) groups excluding carboxylic acids is 1. The fourth-order valence-corrected chi connectivity index (χ4v) is 3.77. The number of fused-ring (bicyclic) bond motifs is 1. The molecule has 1 fully saturated rings. The first-order valence-electron chi connectivity index (χ1n) is 8.47. The second-order valence-electron chi connectivity index (χ2n) is 6.75. The summed E-state index contributed by atoms with van der Waals surface area (Å²) in [6, 6.07) is 2.57. The Balaban J connectivity index is 2.11. The first kappa shape index (κ1) is 18.9. The van der Waals surface area contributed by atoms with Crippen molar-refractivity contribution in [3.8, 4) is 5.75 Å². The van der Waals surface area contributed by atoms with Crippen LogP contribution in [0.5, 0.6) is 5.75 Å². The van der Waals surface area contributed by atoms with Crippen molar-refractivity contribution in [2.75, 3.05) is 13.2 Å². The van der Waals surface area contributed by atoms with E-state index in [0.717, 1.165) is 6.92 Å². The van der Waals surface area contributed by atoms with Crippen LogP contribution in [0, 0.1) is 11.7 Å². The molecule has 0 radical (unpaired) electrons. The molecule has 4 unspecified atom stereocenters. The maximum Gasteiger partial charge on any atom is 0.417 e. The lowest BCUT2D eigenvalue weighted by Crippen LogP contribution is -2.47. The average Bonchev–Trinajstić information content (AvgIpc) is 3.14. The van der Waals surface area contributed by atoms with Crippen LogP contribution >= 0.6 is 0 Å². The number of hydrogen-bond donors (Lipinski definition) is 0. The Hall–Kier alpha value is -1.83. The smallest absolute Gasteiger partial charge is 0.417 e. The number of benzene rings is 1. The molecule has 4 atom stereocenters. The Morgan fingerprint density at radius 1 is 1.38 bits per heavy atom. The minimum absolute atomic E-state index is 0.0144. The molecule has 3 rings (SSSR count). The van der Waals surface area contributed by atoms with Crippen molar-refractivity contribution >= 4 is 5.97 Å². The van der Waals surface area contributed by atoms with Gasteiger partial charge in [0.2, 0.25) is 0 Å². The molecule has 0 saturated carbocycles. The summed E-state index contributed by atoms with van der Waals surface area (Å²) in [5, 5.41) is 0. The van der Waals surface area contributed by atoms with Gasteiger partial charge in [0.05, 0.1) is 13.2 Å². The van der Waals surface area contributed by atoms with Crippen molar-refractivity contribution in [1.29, 1.82) is 0 Å². The molecule has 0 aliphatic carbocycles. The van der Waals surface area contributed by atoms with Crippen LogP contribution in [0.2, 0.25) is 0 Å². The first-order valence-corrected chi connectivity index (χ1v) is 8.47. The van der Waals surface area contributed by atoms with Gasteiger partial charge in [-0.25, -0.2) is 9.18 Å². The number of hydrogen-bond acceptors (Lipinski definition) is 4. The lowest BCUT2D eigenvalue weighted by molar-refractivity contribution is -0.274. The third-order valence-corrected chi connectivity index (χ3v) is 5.38. The topological polar surface area (TPSA) is 44.8 Å². The predicted octanol–water partition coefficient (Wildman–Crippen LogP) is 3.76. The summed E-state index contributed by atoms with van der Waals surface area (Å²) in [4.78, 5) is 12.3. The minimum atomic E-state index is -4.68. The van der Waals surface area contributed by atoms with Crippen LogP contribution in [0.15, 0.2) is 12.1 Å². The van der Waals surface area contributed by atoms with Crippen LogP contribution in [0.4, 0.5) is 17.6 Å². The number of halogens is 4. The Kier molecular flexibility index (Phi) is 4.67. The van der Waals surface area contributed by atoms with E-state index in [1.807, 2.05) is 0 Å². The molecule has 0 amide bonds. The van der Waals surface area contributed by atoms with Gasteiger partial charge in [0.25, 0.3) is 0 Å². The van der Waals surface area contributed by atoms with Crippen molar-refractivity contribution in [2.24, 2.45) is 5.92 Å². The lowest BCUT2D eigenvalue weighted by Gasteiger charge is -2.31. The van der Waals surface area contributed by atoms with Gasteiger partial charge in [-0.1, -0.05) is 13.0 Å². The van der Waals surface area contributed by atoms with Crippen molar-refractivity contribution in [3.63, 3.8) is 0 Å². The third-order valence-electron chi connectivity index (χ3n) is 5.38. The number of ether oxygens (including phenoxy) is 3. The molecule has 0 aromatic heterocycles. The molecule has 0 N–H and O–H groups in total. The van der Waals surface area contributed by atoms with E-state index in [0.29, 0.717) is 17.5 Å². The van der Waals surface area contributed by atoms with Crippen LogP contribution < -0.4 is 4.74 Å². The molecule has 1 aromatic rings. The summed E-state index contributed by atoms with van der Waals surface area (Å²) in [7, 11) is 0. The van der Waals surface area contributed by atoms with E-state index in [1.165, 1.54) is 19.1 Å². The number of rotatable bonds is 3. The molecule has 0 spiro atoms. The number of esters is 1. The predicted molar refractivity (Wildman–Crippen MR) is 83.5 cm³/mol. The highest BCUT2D eigenvalue weighted by Crippen LogP contribution is 2.55. The van der Waals surface area contributed by atoms with Crippen LogP contribution in [0.3, 0.4) is 0 Å². The SMILES string of the molecule is CCOC(=O)C1OC(C)(C(F)(F)F)C(C)C1c1ccc(F)c2c1OCC2. The Bertz CT molecular complexity index is 718. The van der Waals surface area contributed by atoms with Crippen LogP contribution in [-0.2, 0) is 20.7 Å². The molecule has 2 aliphatic rings. The average molecular weight is 376 g/mol. The van der Waals surface area contributed by atoms with Gasteiger partial charge in [-0.2, -0.15) is 13.2 Å². The van der Waals surface area contributed by atoms with Gasteiger partial charge in [0.15, 0.2) is 11.7 Å². The standard InChI is InChI=1S/C18H20F4O4/c1-4-24-16(23)15-13(9(2)17(3,26-15)18(20,21)22)11-5-6-12(19)10-7-8-25-14(10)11/h5-6,9,13,15H,4,7-8H2,1-3H3. The van der Waals surface area contributed by atoms with Gasteiger partial charge < -0.3 is 14.2 Å². The van der Waals surface area contributed by atoms with E-state index in [2.05, 4.69) is 0 Å². The summed E-state index contributed by atoms with van der Waals surface area (Å²) in [6.07, 6.45) is -5.80. The second-order valence-corrected chi connectivity index (χ2v) is 6.75. The van der Waals surface area contributed by atoms with Gasteiger partial charge >= 0.3 is 12.1 Å². The maximum absolute atomic E-state index is 14.0. The summed E-state index contributed by atoms with van der Waals surface area (Å²) >= 11 is 0. The molecule has 1 aromatic carbocycles. The summed E-state index contributed by atoms with van der Waals surface area (Å²) in [6.45, 7) is 4.12. The van der Waals surface area contributed by atoms with E-state index < -0.39 is 41.5 Å². The molecule has 0 bridgehead atoms. The van der Waals surface area contributed by atoms with E-state index in [1.54, 1.807) is 6.92 Å². The van der Waals surface area contributed by atoms with Gasteiger partial charge in [-0.15, -0.1) is 0 Å². The Labute approximate surface area is 148 Å². The van der Waals surface area contributed by atoms with Crippen LogP contribution in [0.1, 0.15) is 37.8 Å². The zero-order chi connectivity index (χ0) is 19.3. The summed E-state index contributed by atoms with van der Waals surface area (Å²) in [5.74, 6) is -3.19. The fraction of sp³-hybridized carbons (Fsp3) is 0.611. The van der Waals surface area contributed by atoms with E-state index >= 15 is 0 Å². The number of carbonyl (C=O) groups is 1. The molecule has 8 heteroatoms. The maximum atomic E-state index is 14.0. The van der Waals surface area contributed by atoms with Crippen molar-refractivity contribution in [1.82, 2.24) is 0 Å². The molecule has 2 heterocycles. The quantitative estimate of drug-likeness (QED) is 0.595. The molecule has 26 heavy (non-hydrogen) atoms. The minimum Gasteiger partial charge on any atom is -0.493 e. The molecule has 1 saturated heterocycles. The molecular weight excluding hydrogens is 356 g/mol. The van der Waals surface area contributed by atoms with E-state index in [4.69, 9.17) is 14.2 Å². The molecular formula is C18H20F4O4.